The van der Waals surface area contributed by atoms with E-state index in [-0.39, 0.29) is 5.91 Å². The largest absolute Gasteiger partial charge is 0.463 e. The van der Waals surface area contributed by atoms with Crippen LogP contribution in [0.1, 0.15) is 6.92 Å². The Bertz CT molecular complexity index is 637. The van der Waals surface area contributed by atoms with E-state index in [9.17, 15) is 4.79 Å². The molecule has 0 N–H and O–H groups in total. The summed E-state index contributed by atoms with van der Waals surface area (Å²) in [6.45, 7) is 4.34. The molecule has 1 aliphatic heterocycles. The molecule has 2 aromatic heterocycles. The van der Waals surface area contributed by atoms with Gasteiger partial charge in [-0.05, 0) is 25.1 Å². The molecule has 1 unspecified atom stereocenters. The number of amides is 1. The van der Waals surface area contributed by atoms with Crippen molar-refractivity contribution >= 4 is 23.5 Å². The highest BCUT2D eigenvalue weighted by Gasteiger charge is 2.25. The topological polar surface area (TPSA) is 62.5 Å². The van der Waals surface area contributed by atoms with E-state index in [1.807, 2.05) is 18.2 Å². The van der Waals surface area contributed by atoms with Gasteiger partial charge in [0.15, 0.2) is 5.76 Å². The quantitative estimate of drug-likeness (QED) is 0.810. The summed E-state index contributed by atoms with van der Waals surface area (Å²) in [4.78, 5) is 24.6. The van der Waals surface area contributed by atoms with Crippen LogP contribution in [0.5, 0.6) is 0 Å². The van der Waals surface area contributed by atoms with E-state index in [0.29, 0.717) is 37.9 Å². The molecular weight excluding hydrogens is 304 g/mol. The monoisotopic (exact) mass is 320 g/mol. The van der Waals surface area contributed by atoms with Crippen molar-refractivity contribution in [3.8, 4) is 11.5 Å². The summed E-state index contributed by atoms with van der Waals surface area (Å²) in [5.41, 5.74) is 0.753. The first-order valence-electron chi connectivity index (χ1n) is 7.20. The molecule has 2 aromatic rings. The number of alkyl halides is 1. The van der Waals surface area contributed by atoms with Crippen LogP contribution in [0.3, 0.4) is 0 Å². The van der Waals surface area contributed by atoms with E-state index in [1.54, 1.807) is 24.3 Å². The Labute approximate surface area is 133 Å². The number of aromatic nitrogens is 2. The van der Waals surface area contributed by atoms with Crippen molar-refractivity contribution in [2.45, 2.75) is 12.3 Å². The van der Waals surface area contributed by atoms with E-state index in [1.165, 1.54) is 0 Å². The normalized spacial score (nSPS) is 16.6. The van der Waals surface area contributed by atoms with Crippen molar-refractivity contribution in [2.24, 2.45) is 0 Å². The lowest BCUT2D eigenvalue weighted by Crippen LogP contribution is -2.50. The molecule has 1 saturated heterocycles. The van der Waals surface area contributed by atoms with Gasteiger partial charge in [0.2, 0.25) is 11.9 Å². The maximum absolute atomic E-state index is 11.9. The molecule has 3 heterocycles. The zero-order chi connectivity index (χ0) is 15.5. The maximum Gasteiger partial charge on any atom is 0.240 e. The molecule has 22 heavy (non-hydrogen) atoms. The van der Waals surface area contributed by atoms with E-state index < -0.39 is 5.38 Å². The van der Waals surface area contributed by atoms with Crippen LogP contribution in [0, 0.1) is 0 Å². The van der Waals surface area contributed by atoms with Crippen molar-refractivity contribution in [2.75, 3.05) is 31.1 Å². The average molecular weight is 321 g/mol. The zero-order valence-corrected chi connectivity index (χ0v) is 13.0. The van der Waals surface area contributed by atoms with Gasteiger partial charge in [-0.2, -0.15) is 0 Å². The number of hydrogen-bond donors (Lipinski definition) is 0. The number of rotatable bonds is 3. The van der Waals surface area contributed by atoms with Crippen LogP contribution in [0.15, 0.2) is 35.1 Å². The number of anilines is 1. The zero-order valence-electron chi connectivity index (χ0n) is 12.3. The number of halogens is 1. The predicted octanol–water partition coefficient (Wildman–Crippen LogP) is 2.01. The highest BCUT2D eigenvalue weighted by Crippen LogP contribution is 2.20. The van der Waals surface area contributed by atoms with Gasteiger partial charge in [-0.1, -0.05) is 0 Å². The minimum Gasteiger partial charge on any atom is -0.463 e. The SMILES string of the molecule is CC(Cl)C(=O)N1CCN(c2nccc(-c3ccco3)n2)CC1. The third-order valence-electron chi connectivity index (χ3n) is 3.63. The Hall–Kier alpha value is -2.08. The van der Waals surface area contributed by atoms with Gasteiger partial charge in [0.1, 0.15) is 11.1 Å². The summed E-state index contributed by atoms with van der Waals surface area (Å²) in [5.74, 6) is 1.35. The van der Waals surface area contributed by atoms with Crippen LogP contribution < -0.4 is 4.90 Å². The lowest BCUT2D eigenvalue weighted by Gasteiger charge is -2.35. The van der Waals surface area contributed by atoms with Gasteiger partial charge in [-0.15, -0.1) is 11.6 Å². The first kappa shape index (κ1) is 14.8. The minimum atomic E-state index is -0.481. The second-order valence-corrected chi connectivity index (χ2v) is 5.80. The number of carbonyl (C=O) groups is 1. The van der Waals surface area contributed by atoms with Crippen LogP contribution in [-0.4, -0.2) is 52.3 Å². The third kappa shape index (κ3) is 3.06. The molecule has 0 saturated carbocycles. The van der Waals surface area contributed by atoms with Gasteiger partial charge >= 0.3 is 0 Å². The number of piperazine rings is 1. The molecule has 1 atom stereocenters. The van der Waals surface area contributed by atoms with Gasteiger partial charge in [0.25, 0.3) is 0 Å². The fourth-order valence-electron chi connectivity index (χ4n) is 2.44. The van der Waals surface area contributed by atoms with Crippen LogP contribution in [0.4, 0.5) is 5.95 Å². The standard InChI is InChI=1S/C15H17ClN4O2/c1-11(16)14(21)19-6-8-20(9-7-19)15-17-5-4-12(18-15)13-3-2-10-22-13/h2-5,10-11H,6-9H2,1H3. The van der Waals surface area contributed by atoms with Crippen molar-refractivity contribution in [3.63, 3.8) is 0 Å². The van der Waals surface area contributed by atoms with Crippen molar-refractivity contribution < 1.29 is 9.21 Å². The molecule has 1 amide bonds. The first-order valence-corrected chi connectivity index (χ1v) is 7.63. The van der Waals surface area contributed by atoms with Gasteiger partial charge < -0.3 is 14.2 Å². The fraction of sp³-hybridized carbons (Fsp3) is 0.400. The molecule has 1 aliphatic rings. The summed E-state index contributed by atoms with van der Waals surface area (Å²) in [6.07, 6.45) is 3.34. The number of furan rings is 1. The molecular formula is C15H17ClN4O2. The Morgan fingerprint density at radius 2 is 2.09 bits per heavy atom. The Kier molecular flexibility index (Phi) is 4.29. The second-order valence-electron chi connectivity index (χ2n) is 5.15. The highest BCUT2D eigenvalue weighted by atomic mass is 35.5. The van der Waals surface area contributed by atoms with Crippen LogP contribution in [0.25, 0.3) is 11.5 Å². The fourth-order valence-corrected chi connectivity index (χ4v) is 2.58. The summed E-state index contributed by atoms with van der Waals surface area (Å²) in [7, 11) is 0. The van der Waals surface area contributed by atoms with E-state index in [2.05, 4.69) is 14.9 Å². The molecule has 116 valence electrons. The second kappa shape index (κ2) is 6.36. The summed E-state index contributed by atoms with van der Waals surface area (Å²) in [5, 5.41) is -0.481. The summed E-state index contributed by atoms with van der Waals surface area (Å²) < 4.78 is 5.36. The maximum atomic E-state index is 11.9. The lowest BCUT2D eigenvalue weighted by molar-refractivity contribution is -0.130. The minimum absolute atomic E-state index is 0.0217. The van der Waals surface area contributed by atoms with Crippen LogP contribution >= 0.6 is 11.6 Å². The molecule has 0 radical (unpaired) electrons. The van der Waals surface area contributed by atoms with Gasteiger partial charge in [-0.25, -0.2) is 9.97 Å². The smallest absolute Gasteiger partial charge is 0.240 e. The molecule has 1 fully saturated rings. The van der Waals surface area contributed by atoms with Crippen molar-refractivity contribution in [3.05, 3.63) is 30.7 Å². The molecule has 6 nitrogen and oxygen atoms in total. The van der Waals surface area contributed by atoms with Gasteiger partial charge in [0.05, 0.1) is 6.26 Å². The van der Waals surface area contributed by atoms with Crippen molar-refractivity contribution in [1.82, 2.24) is 14.9 Å². The van der Waals surface area contributed by atoms with E-state index in [0.717, 1.165) is 5.69 Å². The molecule has 0 spiro atoms. The Balaban J connectivity index is 1.69. The average Bonchev–Trinajstić information content (AvgIpc) is 3.09. The first-order chi connectivity index (χ1) is 10.6. The van der Waals surface area contributed by atoms with Crippen LogP contribution in [-0.2, 0) is 4.79 Å². The van der Waals surface area contributed by atoms with Gasteiger partial charge in [-0.3, -0.25) is 4.79 Å². The van der Waals surface area contributed by atoms with Gasteiger partial charge in [0, 0.05) is 32.4 Å². The Morgan fingerprint density at radius 1 is 1.32 bits per heavy atom. The number of nitrogens with zero attached hydrogens (tertiary/aromatic N) is 4. The molecule has 0 aliphatic carbocycles. The third-order valence-corrected chi connectivity index (χ3v) is 3.82. The predicted molar refractivity (Wildman–Crippen MR) is 83.8 cm³/mol. The highest BCUT2D eigenvalue weighted by molar-refractivity contribution is 6.30. The molecule has 0 bridgehead atoms. The van der Waals surface area contributed by atoms with Crippen molar-refractivity contribution in [1.29, 1.82) is 0 Å². The lowest BCUT2D eigenvalue weighted by atomic mass is 10.3. The van der Waals surface area contributed by atoms with E-state index in [4.69, 9.17) is 16.0 Å². The molecule has 0 aromatic carbocycles. The summed E-state index contributed by atoms with van der Waals surface area (Å²) >= 11 is 5.85. The van der Waals surface area contributed by atoms with Crippen LogP contribution in [0.2, 0.25) is 0 Å². The number of carbonyl (C=O) groups excluding carboxylic acids is 1. The van der Waals surface area contributed by atoms with E-state index >= 15 is 0 Å². The molecule has 7 heteroatoms. The number of hydrogen-bond acceptors (Lipinski definition) is 5. The Morgan fingerprint density at radius 3 is 2.73 bits per heavy atom. The molecule has 3 rings (SSSR count). The summed E-state index contributed by atoms with van der Waals surface area (Å²) in [6, 6.07) is 5.51.